The predicted octanol–water partition coefficient (Wildman–Crippen LogP) is 3.37. The van der Waals surface area contributed by atoms with Crippen molar-refractivity contribution in [2.75, 3.05) is 17.8 Å². The highest BCUT2D eigenvalue weighted by Crippen LogP contribution is 2.44. The number of carbonyl (C=O) groups is 2. The molecule has 1 aliphatic heterocycles. The van der Waals surface area contributed by atoms with Crippen molar-refractivity contribution in [2.24, 2.45) is 0 Å². The van der Waals surface area contributed by atoms with Crippen molar-refractivity contribution >= 4 is 35.0 Å². The van der Waals surface area contributed by atoms with Crippen molar-refractivity contribution in [3.05, 3.63) is 62.4 Å². The number of H-pyrrole nitrogens is 1. The van der Waals surface area contributed by atoms with Gasteiger partial charge in [0.15, 0.2) is 0 Å². The van der Waals surface area contributed by atoms with E-state index in [2.05, 4.69) is 10.1 Å². The lowest BCUT2D eigenvalue weighted by Gasteiger charge is -2.31. The Hall–Kier alpha value is -4.26. The molecule has 3 aromatic rings. The fourth-order valence-electron chi connectivity index (χ4n) is 4.28. The summed E-state index contributed by atoms with van der Waals surface area (Å²) >= 11 is 1.34. The van der Waals surface area contributed by atoms with Crippen LogP contribution in [0.25, 0.3) is 11.3 Å². The molecule has 0 saturated carbocycles. The van der Waals surface area contributed by atoms with Crippen LogP contribution in [0.4, 0.5) is 11.4 Å². The number of anilines is 1. The number of nitrogens with zero attached hydrogens (tertiary/aromatic N) is 4. The molecule has 1 aliphatic rings. The Labute approximate surface area is 221 Å². The number of carbonyl (C=O) groups excluding carboxylic acids is 2. The second-order valence-corrected chi connectivity index (χ2v) is 9.53. The first-order chi connectivity index (χ1) is 18.2. The highest BCUT2D eigenvalue weighted by Gasteiger charge is 2.47. The molecule has 0 unspecified atom stereocenters. The summed E-state index contributed by atoms with van der Waals surface area (Å²) in [5.41, 5.74) is 0.0340. The van der Waals surface area contributed by atoms with E-state index in [-0.39, 0.29) is 22.8 Å². The molecule has 198 valence electrons. The Kier molecular flexibility index (Phi) is 7.76. The second kappa shape index (κ2) is 11.0. The molecule has 0 radical (unpaired) electrons. The highest BCUT2D eigenvalue weighted by atomic mass is 32.2. The molecule has 1 atom stereocenters. The number of fused-ring (bicyclic) bond motifs is 3. The number of thioether (sulfide) groups is 1. The zero-order valence-electron chi connectivity index (χ0n) is 21.2. The van der Waals surface area contributed by atoms with Crippen LogP contribution in [0.1, 0.15) is 45.3 Å². The number of ether oxygens (including phenoxy) is 2. The molecule has 13 heteroatoms. The molecule has 0 fully saturated rings. The van der Waals surface area contributed by atoms with Crippen molar-refractivity contribution < 1.29 is 28.7 Å². The number of esters is 1. The molecule has 1 N–H and O–H groups in total. The van der Waals surface area contributed by atoms with Crippen molar-refractivity contribution in [2.45, 2.75) is 44.9 Å². The van der Waals surface area contributed by atoms with Gasteiger partial charge in [0.2, 0.25) is 16.8 Å². The Balaban J connectivity index is 2.11. The van der Waals surface area contributed by atoms with E-state index in [1.54, 1.807) is 24.3 Å². The highest BCUT2D eigenvalue weighted by molar-refractivity contribution is 7.99. The minimum Gasteiger partial charge on any atom is -0.496 e. The Morgan fingerprint density at radius 1 is 1.26 bits per heavy atom. The molecular formula is C25H26N5O7S+. The van der Waals surface area contributed by atoms with E-state index in [0.29, 0.717) is 22.2 Å². The maximum Gasteiger partial charge on any atom is 0.325 e. The van der Waals surface area contributed by atoms with Crippen LogP contribution in [0.2, 0.25) is 0 Å². The maximum absolute atomic E-state index is 13.4. The Morgan fingerprint density at radius 3 is 2.63 bits per heavy atom. The fraction of sp³-hybridized carbons (Fsp3) is 0.320. The van der Waals surface area contributed by atoms with Crippen molar-refractivity contribution in [3.63, 3.8) is 0 Å². The summed E-state index contributed by atoms with van der Waals surface area (Å²) in [4.78, 5) is 54.1. The van der Waals surface area contributed by atoms with Gasteiger partial charge in [0.25, 0.3) is 6.17 Å². The van der Waals surface area contributed by atoms with Crippen LogP contribution in [-0.2, 0) is 9.59 Å². The topological polar surface area (TPSA) is 149 Å². The van der Waals surface area contributed by atoms with E-state index >= 15 is 0 Å². The molecule has 0 aliphatic carbocycles. The van der Waals surface area contributed by atoms with Gasteiger partial charge in [-0.2, -0.15) is 0 Å². The number of aromatic amines is 1. The number of benzene rings is 2. The van der Waals surface area contributed by atoms with Gasteiger partial charge in [-0.3, -0.25) is 29.5 Å². The number of nitro groups is 1. The average molecular weight is 541 g/mol. The molecule has 1 amide bonds. The average Bonchev–Trinajstić information content (AvgIpc) is 2.87. The molecule has 0 bridgehead atoms. The summed E-state index contributed by atoms with van der Waals surface area (Å²) in [7, 11) is 1.33. The van der Waals surface area contributed by atoms with Crippen molar-refractivity contribution in [1.82, 2.24) is 10.1 Å². The number of nitro benzene ring substituents is 1. The smallest absolute Gasteiger partial charge is 0.325 e. The summed E-state index contributed by atoms with van der Waals surface area (Å²) in [6.45, 7) is 4.49. The third-order valence-electron chi connectivity index (χ3n) is 5.86. The largest absolute Gasteiger partial charge is 0.496 e. The van der Waals surface area contributed by atoms with Crippen LogP contribution in [-0.4, -0.2) is 39.7 Å². The van der Waals surface area contributed by atoms with Gasteiger partial charge in [-0.25, -0.2) is 4.90 Å². The van der Waals surface area contributed by atoms with Crippen molar-refractivity contribution in [1.29, 1.82) is 0 Å². The minimum atomic E-state index is -1.21. The molecule has 12 nitrogen and oxygen atoms in total. The first-order valence-corrected chi connectivity index (χ1v) is 12.8. The molecule has 2 aromatic carbocycles. The monoisotopic (exact) mass is 540 g/mol. The van der Waals surface area contributed by atoms with Crippen LogP contribution in [0.5, 0.6) is 11.5 Å². The van der Waals surface area contributed by atoms with Crippen LogP contribution >= 0.6 is 11.8 Å². The van der Waals surface area contributed by atoms with Crippen LogP contribution in [0.3, 0.4) is 0 Å². The van der Waals surface area contributed by atoms with Gasteiger partial charge < -0.3 is 9.47 Å². The van der Waals surface area contributed by atoms with Gasteiger partial charge in [0, 0.05) is 24.7 Å². The number of aromatic nitrogens is 3. The summed E-state index contributed by atoms with van der Waals surface area (Å²) in [6.07, 6.45) is 0.622. The third-order valence-corrected chi connectivity index (χ3v) is 6.81. The number of hydrogen-bond acceptors (Lipinski definition) is 9. The van der Waals surface area contributed by atoms with E-state index in [4.69, 9.17) is 9.47 Å². The molecule has 2 heterocycles. The summed E-state index contributed by atoms with van der Waals surface area (Å²) < 4.78 is 12.0. The van der Waals surface area contributed by atoms with Crippen molar-refractivity contribution in [3.8, 4) is 22.8 Å². The standard InChI is InChI=1S/C25H25N5O7S/c1-5-6-11-38-25-26-23(33)21-17-9-7-8-10-19(17)28(14(2)31)24(29(21)27-25)18-12-16(36-4)13-20(30(34)35)22(18)37-15(3)32/h7-10,12-13,24H,5-6,11H2,1-4H3/p+1/t24-/m0/s1. The summed E-state index contributed by atoms with van der Waals surface area (Å²) in [5, 5.41) is 17.0. The lowest BCUT2D eigenvalue weighted by Crippen LogP contribution is -2.60. The lowest BCUT2D eigenvalue weighted by atomic mass is 10.00. The molecule has 0 spiro atoms. The number of unbranched alkanes of at least 4 members (excludes halogenated alkanes) is 1. The molecule has 1 aromatic heterocycles. The number of rotatable bonds is 8. The lowest BCUT2D eigenvalue weighted by molar-refractivity contribution is -0.763. The quantitative estimate of drug-likeness (QED) is 0.0863. The van der Waals surface area contributed by atoms with Crippen LogP contribution in [0, 0.1) is 10.1 Å². The van der Waals surface area contributed by atoms with Gasteiger partial charge in [-0.15, -0.1) is 0 Å². The zero-order valence-corrected chi connectivity index (χ0v) is 22.0. The minimum absolute atomic E-state index is 0.0461. The van der Waals surface area contributed by atoms with E-state index < -0.39 is 34.2 Å². The number of methoxy groups -OCH3 is 1. The first-order valence-electron chi connectivity index (χ1n) is 11.8. The van der Waals surface area contributed by atoms with Gasteiger partial charge in [0.05, 0.1) is 34.9 Å². The number of amides is 1. The maximum atomic E-state index is 13.4. The van der Waals surface area contributed by atoms with E-state index in [0.717, 1.165) is 25.8 Å². The van der Waals surface area contributed by atoms with Gasteiger partial charge in [-0.1, -0.05) is 37.2 Å². The molecular weight excluding hydrogens is 514 g/mol. The Bertz CT molecular complexity index is 1490. The second-order valence-electron chi connectivity index (χ2n) is 8.45. The third kappa shape index (κ3) is 4.96. The number of nitrogens with one attached hydrogen (secondary N) is 1. The van der Waals surface area contributed by atoms with E-state index in [1.165, 1.54) is 41.4 Å². The van der Waals surface area contributed by atoms with E-state index in [9.17, 15) is 24.5 Å². The van der Waals surface area contributed by atoms with Gasteiger partial charge in [-0.05, 0) is 29.3 Å². The molecule has 38 heavy (non-hydrogen) atoms. The fourth-order valence-corrected chi connectivity index (χ4v) is 5.22. The molecule has 4 rings (SSSR count). The Morgan fingerprint density at radius 2 is 2.00 bits per heavy atom. The van der Waals surface area contributed by atoms with Gasteiger partial charge >= 0.3 is 22.9 Å². The van der Waals surface area contributed by atoms with Crippen LogP contribution in [0.15, 0.2) is 46.3 Å². The summed E-state index contributed by atoms with van der Waals surface area (Å²) in [5.74, 6) is -0.818. The van der Waals surface area contributed by atoms with Gasteiger partial charge in [0.1, 0.15) is 5.75 Å². The normalized spacial score (nSPS) is 13.9. The molecule has 0 saturated heterocycles. The van der Waals surface area contributed by atoms with E-state index in [1.807, 2.05) is 6.92 Å². The summed E-state index contributed by atoms with van der Waals surface area (Å²) in [6, 6.07) is 9.35. The number of hydrogen-bond donors (Lipinski definition) is 1. The predicted molar refractivity (Wildman–Crippen MR) is 138 cm³/mol. The SMILES string of the molecule is CCCCSc1n[n+]2c(c(=O)[nH]1)-c1ccccc1N(C(C)=O)[C@@H]2c1cc(OC)cc([N+](=O)[O-])c1OC(C)=O. The first kappa shape index (κ1) is 26.8. The van der Waals surface area contributed by atoms with Crippen LogP contribution < -0.4 is 24.6 Å². The zero-order chi connectivity index (χ0) is 27.6. The number of para-hydroxylation sites is 1.